The number of aryl methyl sites for hydroxylation is 1. The molecule has 210 valence electrons. The summed E-state index contributed by atoms with van der Waals surface area (Å²) in [6.07, 6.45) is 6.41. The zero-order chi connectivity index (χ0) is 27.2. The molecule has 3 aromatic rings. The topological polar surface area (TPSA) is 111 Å². The van der Waals surface area contributed by atoms with Crippen molar-refractivity contribution >= 4 is 28.6 Å². The molecule has 2 N–H and O–H groups in total. The fraction of sp³-hybridized carbons (Fsp3) is 0.517. The van der Waals surface area contributed by atoms with Crippen molar-refractivity contribution < 1.29 is 23.4 Å². The van der Waals surface area contributed by atoms with E-state index in [1.807, 2.05) is 24.3 Å². The second kappa shape index (κ2) is 10.2. The Morgan fingerprint density at radius 2 is 1.93 bits per heavy atom. The molecule has 0 radical (unpaired) electrons. The quantitative estimate of drug-likeness (QED) is 0.460. The van der Waals surface area contributed by atoms with Crippen molar-refractivity contribution in [1.29, 1.82) is 0 Å². The van der Waals surface area contributed by atoms with E-state index in [0.29, 0.717) is 61.0 Å². The van der Waals surface area contributed by atoms with Gasteiger partial charge in [-0.2, -0.15) is 0 Å². The van der Waals surface area contributed by atoms with Crippen LogP contribution in [0.1, 0.15) is 43.4 Å². The molecule has 0 unspecified atom stereocenters. The second-order valence-corrected chi connectivity index (χ2v) is 11.3. The van der Waals surface area contributed by atoms with Crippen LogP contribution in [0.2, 0.25) is 0 Å². The van der Waals surface area contributed by atoms with Crippen LogP contribution in [0.25, 0.3) is 11.0 Å². The highest BCUT2D eigenvalue weighted by Crippen LogP contribution is 2.46. The van der Waals surface area contributed by atoms with Crippen LogP contribution in [0.4, 0.5) is 16.0 Å². The normalized spacial score (nSPS) is 25.9. The van der Waals surface area contributed by atoms with E-state index in [2.05, 4.69) is 25.5 Å². The molecule has 1 amide bonds. The number of rotatable bonds is 7. The molecule has 0 atom stereocenters. The van der Waals surface area contributed by atoms with Crippen LogP contribution in [0.15, 0.2) is 30.5 Å². The van der Waals surface area contributed by atoms with Crippen LogP contribution in [0.3, 0.4) is 0 Å². The Morgan fingerprint density at radius 1 is 1.07 bits per heavy atom. The highest BCUT2D eigenvalue weighted by molar-refractivity contribution is 5.94. The van der Waals surface area contributed by atoms with Crippen molar-refractivity contribution in [3.63, 3.8) is 0 Å². The number of morpholine rings is 1. The van der Waals surface area contributed by atoms with E-state index in [-0.39, 0.29) is 29.5 Å². The lowest BCUT2D eigenvalue weighted by atomic mass is 9.69. The van der Waals surface area contributed by atoms with E-state index < -0.39 is 0 Å². The maximum absolute atomic E-state index is 15.1. The maximum atomic E-state index is 15.1. The summed E-state index contributed by atoms with van der Waals surface area (Å²) in [5.41, 5.74) is 2.45. The lowest BCUT2D eigenvalue weighted by Gasteiger charge is -2.53. The van der Waals surface area contributed by atoms with E-state index in [4.69, 9.17) is 19.2 Å². The van der Waals surface area contributed by atoms with E-state index >= 15 is 4.39 Å². The summed E-state index contributed by atoms with van der Waals surface area (Å²) in [4.78, 5) is 27.5. The number of anilines is 2. The van der Waals surface area contributed by atoms with Crippen LogP contribution in [-0.4, -0.2) is 71.5 Å². The molecule has 10 nitrogen and oxygen atoms in total. The predicted molar refractivity (Wildman–Crippen MR) is 146 cm³/mol. The molecule has 8 rings (SSSR count). The highest BCUT2D eigenvalue weighted by atomic mass is 19.1. The molecule has 4 fully saturated rings. The third-order valence-corrected chi connectivity index (χ3v) is 8.87. The first-order valence-electron chi connectivity index (χ1n) is 14.1. The van der Waals surface area contributed by atoms with E-state index in [0.717, 1.165) is 56.7 Å². The fourth-order valence-corrected chi connectivity index (χ4v) is 6.34. The second-order valence-electron chi connectivity index (χ2n) is 11.3. The number of hydrogen-bond donors (Lipinski definition) is 2. The Labute approximate surface area is 231 Å². The molecule has 3 aromatic heterocycles. The van der Waals surface area contributed by atoms with Gasteiger partial charge in [0.05, 0.1) is 48.3 Å². The van der Waals surface area contributed by atoms with Crippen molar-refractivity contribution in [2.45, 2.75) is 56.2 Å². The number of aromatic nitrogens is 3. The average molecular weight is 549 g/mol. The molecule has 40 heavy (non-hydrogen) atoms. The van der Waals surface area contributed by atoms with Gasteiger partial charge in [-0.05, 0) is 62.8 Å². The SMILES string of the molecule is O=C1COc2ccc(CNC34CCC(CCc5c(F)cnc6ccc(N7CCOCC7)nc56)(CC3)OC4)nc2N1. The molecular weight excluding hydrogens is 515 g/mol. The Balaban J connectivity index is 1.01. The summed E-state index contributed by atoms with van der Waals surface area (Å²) in [7, 11) is 0. The van der Waals surface area contributed by atoms with Crippen molar-refractivity contribution in [1.82, 2.24) is 20.3 Å². The van der Waals surface area contributed by atoms with Gasteiger partial charge in [-0.3, -0.25) is 9.78 Å². The summed E-state index contributed by atoms with van der Waals surface area (Å²) in [6.45, 7) is 4.09. The van der Waals surface area contributed by atoms with Gasteiger partial charge in [0, 0.05) is 30.7 Å². The highest BCUT2D eigenvalue weighted by Gasteiger charge is 2.49. The lowest BCUT2D eigenvalue weighted by molar-refractivity contribution is -0.165. The number of carbonyl (C=O) groups is 1. The van der Waals surface area contributed by atoms with Crippen molar-refractivity contribution in [3.8, 4) is 5.75 Å². The standard InChI is InChI=1S/C29H33FN6O4/c30-21-16-31-22-2-4-24(36-11-13-38-14-12-36)34-26(22)20(21)5-6-29-9-7-28(8-10-29,18-40-29)32-15-19-1-3-23-27(33-19)35-25(37)17-39-23/h1-4,16,32H,5-15,17-18H2,(H,33,35,37). The van der Waals surface area contributed by atoms with E-state index in [9.17, 15) is 4.79 Å². The van der Waals surface area contributed by atoms with Gasteiger partial charge in [0.15, 0.2) is 18.2 Å². The predicted octanol–water partition coefficient (Wildman–Crippen LogP) is 3.14. The number of halogens is 1. The van der Waals surface area contributed by atoms with Crippen LogP contribution >= 0.6 is 0 Å². The van der Waals surface area contributed by atoms with Gasteiger partial charge in [0.2, 0.25) is 0 Å². The summed E-state index contributed by atoms with van der Waals surface area (Å²) < 4.78 is 32.5. The Kier molecular flexibility index (Phi) is 6.52. The number of nitrogens with zero attached hydrogens (tertiary/aromatic N) is 4. The zero-order valence-corrected chi connectivity index (χ0v) is 22.4. The molecule has 4 aliphatic heterocycles. The molecule has 0 spiro atoms. The number of nitrogens with one attached hydrogen (secondary N) is 2. The third-order valence-electron chi connectivity index (χ3n) is 8.87. The maximum Gasteiger partial charge on any atom is 0.263 e. The molecule has 0 aromatic carbocycles. The third kappa shape index (κ3) is 4.86. The molecule has 5 aliphatic rings. The van der Waals surface area contributed by atoms with Crippen LogP contribution in [0.5, 0.6) is 5.75 Å². The van der Waals surface area contributed by atoms with Crippen LogP contribution in [0, 0.1) is 5.82 Å². The van der Waals surface area contributed by atoms with E-state index in [1.165, 1.54) is 6.20 Å². The fourth-order valence-electron chi connectivity index (χ4n) is 6.34. The van der Waals surface area contributed by atoms with E-state index in [1.54, 1.807) is 0 Å². The number of amides is 1. The number of pyridine rings is 3. The lowest BCUT2D eigenvalue weighted by Crippen LogP contribution is -2.61. The first kappa shape index (κ1) is 25.6. The Bertz CT molecular complexity index is 1420. The van der Waals surface area contributed by atoms with Gasteiger partial charge < -0.3 is 29.7 Å². The van der Waals surface area contributed by atoms with Gasteiger partial charge in [-0.1, -0.05) is 0 Å². The molecule has 1 saturated carbocycles. The number of ether oxygens (including phenoxy) is 3. The summed E-state index contributed by atoms with van der Waals surface area (Å²) in [6, 6.07) is 7.66. The summed E-state index contributed by atoms with van der Waals surface area (Å²) in [5.74, 6) is 1.40. The average Bonchev–Trinajstić information content (AvgIpc) is 3.00. The molecule has 1 aliphatic carbocycles. The van der Waals surface area contributed by atoms with Crippen molar-refractivity contribution in [2.24, 2.45) is 0 Å². The minimum absolute atomic E-state index is 0.0183. The number of hydrogen-bond acceptors (Lipinski definition) is 9. The van der Waals surface area contributed by atoms with Crippen LogP contribution in [-0.2, 0) is 27.2 Å². The first-order valence-corrected chi connectivity index (χ1v) is 14.1. The van der Waals surface area contributed by atoms with Gasteiger partial charge in [-0.15, -0.1) is 0 Å². The zero-order valence-electron chi connectivity index (χ0n) is 22.4. The molecule has 3 saturated heterocycles. The minimum atomic E-state index is -0.308. The smallest absolute Gasteiger partial charge is 0.263 e. The summed E-state index contributed by atoms with van der Waals surface area (Å²) in [5, 5.41) is 6.45. The molecule has 2 bridgehead atoms. The van der Waals surface area contributed by atoms with Gasteiger partial charge in [-0.25, -0.2) is 14.4 Å². The monoisotopic (exact) mass is 548 g/mol. The van der Waals surface area contributed by atoms with Gasteiger partial charge in [0.25, 0.3) is 5.91 Å². The number of carbonyl (C=O) groups excluding carboxylic acids is 1. The van der Waals surface area contributed by atoms with Gasteiger partial charge >= 0.3 is 0 Å². The van der Waals surface area contributed by atoms with Gasteiger partial charge in [0.1, 0.15) is 11.6 Å². The largest absolute Gasteiger partial charge is 0.480 e. The van der Waals surface area contributed by atoms with Crippen LogP contribution < -0.4 is 20.3 Å². The minimum Gasteiger partial charge on any atom is -0.480 e. The van der Waals surface area contributed by atoms with Crippen molar-refractivity contribution in [3.05, 3.63) is 47.5 Å². The molecular formula is C29H33FN6O4. The molecule has 7 heterocycles. The Morgan fingerprint density at radius 3 is 2.73 bits per heavy atom. The Hall–Kier alpha value is -3.41. The first-order chi connectivity index (χ1) is 19.5. The molecule has 11 heteroatoms. The summed E-state index contributed by atoms with van der Waals surface area (Å²) >= 11 is 0. The van der Waals surface area contributed by atoms with Crippen molar-refractivity contribution in [2.75, 3.05) is 49.7 Å². The number of fused-ring (bicyclic) bond motifs is 5.